The van der Waals surface area contributed by atoms with Crippen LogP contribution in [0, 0.1) is 0 Å². The maximum atomic E-state index is 12.7. The molecule has 0 atom stereocenters. The number of guanidine groups is 1. The molecule has 3 rings (SSSR count). The number of rotatable bonds is 3. The van der Waals surface area contributed by atoms with Gasteiger partial charge in [0.05, 0.1) is 16.8 Å². The molecule has 2 heterocycles. The standard InChI is InChI=1S/C17H27N3O3S/c1-18-16(19-10-7-15-6-5-12-23-15)20-11-13-24(21,22)17(14-20)8-3-2-4-9-17/h5-6,12H,2-4,7-11,13-14H2,1H3,(H,18,19). The van der Waals surface area contributed by atoms with Gasteiger partial charge in [-0.3, -0.25) is 4.99 Å². The van der Waals surface area contributed by atoms with Crippen molar-refractivity contribution in [3.8, 4) is 0 Å². The molecule has 1 N–H and O–H groups in total. The lowest BCUT2D eigenvalue weighted by Gasteiger charge is -2.45. The van der Waals surface area contributed by atoms with Gasteiger partial charge in [0.25, 0.3) is 0 Å². The highest BCUT2D eigenvalue weighted by atomic mass is 32.2. The summed E-state index contributed by atoms with van der Waals surface area (Å²) < 4.78 is 30.1. The van der Waals surface area contributed by atoms with Crippen LogP contribution in [-0.2, 0) is 16.3 Å². The van der Waals surface area contributed by atoms with Crippen LogP contribution in [0.2, 0.25) is 0 Å². The largest absolute Gasteiger partial charge is 0.469 e. The summed E-state index contributed by atoms with van der Waals surface area (Å²) in [6.07, 6.45) is 7.20. The highest BCUT2D eigenvalue weighted by Gasteiger charge is 2.48. The summed E-state index contributed by atoms with van der Waals surface area (Å²) in [6.45, 7) is 1.80. The van der Waals surface area contributed by atoms with Gasteiger partial charge in [-0.05, 0) is 25.0 Å². The van der Waals surface area contributed by atoms with E-state index >= 15 is 0 Å². The molecule has 0 aromatic carbocycles. The van der Waals surface area contributed by atoms with Crippen molar-refractivity contribution in [1.82, 2.24) is 10.2 Å². The highest BCUT2D eigenvalue weighted by molar-refractivity contribution is 7.92. The fourth-order valence-electron chi connectivity index (χ4n) is 3.90. The molecular weight excluding hydrogens is 326 g/mol. The van der Waals surface area contributed by atoms with Gasteiger partial charge >= 0.3 is 0 Å². The Morgan fingerprint density at radius 3 is 2.83 bits per heavy atom. The molecule has 1 aromatic rings. The Labute approximate surface area is 144 Å². The summed E-state index contributed by atoms with van der Waals surface area (Å²) >= 11 is 0. The van der Waals surface area contributed by atoms with Crippen molar-refractivity contribution in [2.75, 3.05) is 32.4 Å². The minimum absolute atomic E-state index is 0.228. The summed E-state index contributed by atoms with van der Waals surface area (Å²) in [5.41, 5.74) is 0. The Bertz CT molecular complexity index is 661. The van der Waals surface area contributed by atoms with Gasteiger partial charge in [0.2, 0.25) is 0 Å². The average Bonchev–Trinajstić information content (AvgIpc) is 3.09. The van der Waals surface area contributed by atoms with Crippen LogP contribution in [0.5, 0.6) is 0 Å². The summed E-state index contributed by atoms with van der Waals surface area (Å²) in [7, 11) is -1.26. The first kappa shape index (κ1) is 17.3. The summed E-state index contributed by atoms with van der Waals surface area (Å²) in [4.78, 5) is 6.48. The van der Waals surface area contributed by atoms with Crippen molar-refractivity contribution in [2.45, 2.75) is 43.3 Å². The van der Waals surface area contributed by atoms with Crippen LogP contribution in [-0.4, -0.2) is 56.5 Å². The first-order chi connectivity index (χ1) is 11.6. The molecular formula is C17H27N3O3S. The van der Waals surface area contributed by atoms with Crippen LogP contribution < -0.4 is 5.32 Å². The SMILES string of the molecule is CN=C(NCCc1ccco1)N1CCS(=O)(=O)C2(CCCCC2)C1. The van der Waals surface area contributed by atoms with E-state index in [1.807, 2.05) is 12.1 Å². The normalized spacial score (nSPS) is 23.4. The van der Waals surface area contributed by atoms with Crippen LogP contribution in [0.15, 0.2) is 27.8 Å². The maximum absolute atomic E-state index is 12.7. The molecule has 0 bridgehead atoms. The van der Waals surface area contributed by atoms with E-state index in [-0.39, 0.29) is 5.75 Å². The lowest BCUT2D eigenvalue weighted by molar-refractivity contribution is 0.274. The molecule has 1 aliphatic heterocycles. The number of hydrogen-bond acceptors (Lipinski definition) is 4. The van der Waals surface area contributed by atoms with Gasteiger partial charge in [-0.15, -0.1) is 0 Å². The Kier molecular flexibility index (Phi) is 5.18. The molecule has 1 aliphatic carbocycles. The molecule has 24 heavy (non-hydrogen) atoms. The zero-order valence-electron chi connectivity index (χ0n) is 14.3. The van der Waals surface area contributed by atoms with Gasteiger partial charge < -0.3 is 14.6 Å². The fourth-order valence-corrected chi connectivity index (χ4v) is 6.06. The molecule has 1 aromatic heterocycles. The van der Waals surface area contributed by atoms with Crippen molar-refractivity contribution >= 4 is 15.8 Å². The van der Waals surface area contributed by atoms with Crippen molar-refractivity contribution in [3.05, 3.63) is 24.2 Å². The van der Waals surface area contributed by atoms with Crippen molar-refractivity contribution in [2.24, 2.45) is 4.99 Å². The highest BCUT2D eigenvalue weighted by Crippen LogP contribution is 2.38. The van der Waals surface area contributed by atoms with Crippen LogP contribution in [0.4, 0.5) is 0 Å². The summed E-state index contributed by atoms with van der Waals surface area (Å²) in [5, 5.41) is 3.35. The minimum Gasteiger partial charge on any atom is -0.469 e. The van der Waals surface area contributed by atoms with E-state index in [4.69, 9.17) is 4.42 Å². The Hall–Kier alpha value is -1.50. The minimum atomic E-state index is -3.02. The third kappa shape index (κ3) is 3.45. The number of sulfone groups is 1. The Balaban J connectivity index is 1.64. The van der Waals surface area contributed by atoms with Crippen LogP contribution in [0.3, 0.4) is 0 Å². The lowest BCUT2D eigenvalue weighted by atomic mass is 9.87. The van der Waals surface area contributed by atoms with E-state index < -0.39 is 14.6 Å². The zero-order chi connectivity index (χ0) is 17.0. The molecule has 1 spiro atoms. The first-order valence-corrected chi connectivity index (χ1v) is 10.4. The number of nitrogens with one attached hydrogen (secondary N) is 1. The quantitative estimate of drug-likeness (QED) is 0.663. The molecule has 2 aliphatic rings. The van der Waals surface area contributed by atoms with E-state index in [9.17, 15) is 8.42 Å². The van der Waals surface area contributed by atoms with Gasteiger partial charge in [0, 0.05) is 33.1 Å². The number of furan rings is 1. The average molecular weight is 353 g/mol. The zero-order valence-corrected chi connectivity index (χ0v) is 15.1. The molecule has 6 nitrogen and oxygen atoms in total. The van der Waals surface area contributed by atoms with Crippen LogP contribution in [0.25, 0.3) is 0 Å². The monoisotopic (exact) mass is 353 g/mol. The Morgan fingerprint density at radius 2 is 2.17 bits per heavy atom. The number of hydrogen-bond donors (Lipinski definition) is 1. The lowest BCUT2D eigenvalue weighted by Crippen LogP contribution is -2.60. The fraction of sp³-hybridized carbons (Fsp3) is 0.706. The first-order valence-electron chi connectivity index (χ1n) is 8.77. The molecule has 1 saturated carbocycles. The molecule has 7 heteroatoms. The predicted octanol–water partition coefficient (Wildman–Crippen LogP) is 1.83. The van der Waals surface area contributed by atoms with Crippen LogP contribution in [0.1, 0.15) is 37.9 Å². The Morgan fingerprint density at radius 1 is 1.38 bits per heavy atom. The molecule has 0 amide bonds. The molecule has 0 radical (unpaired) electrons. The number of aliphatic imine (C=N–C) groups is 1. The van der Waals surface area contributed by atoms with Gasteiger partial charge in [-0.1, -0.05) is 19.3 Å². The van der Waals surface area contributed by atoms with Crippen molar-refractivity contribution < 1.29 is 12.8 Å². The van der Waals surface area contributed by atoms with Gasteiger partial charge in [0.15, 0.2) is 15.8 Å². The summed E-state index contributed by atoms with van der Waals surface area (Å²) in [6, 6.07) is 3.83. The summed E-state index contributed by atoms with van der Waals surface area (Å²) in [5.74, 6) is 1.95. The van der Waals surface area contributed by atoms with Crippen molar-refractivity contribution in [3.63, 3.8) is 0 Å². The van der Waals surface area contributed by atoms with E-state index in [1.165, 1.54) is 0 Å². The van der Waals surface area contributed by atoms with E-state index in [0.717, 1.165) is 56.8 Å². The van der Waals surface area contributed by atoms with Crippen LogP contribution >= 0.6 is 0 Å². The third-order valence-corrected chi connectivity index (χ3v) is 7.86. The van der Waals surface area contributed by atoms with E-state index in [0.29, 0.717) is 13.1 Å². The van der Waals surface area contributed by atoms with Gasteiger partial charge in [-0.25, -0.2) is 8.42 Å². The molecule has 2 fully saturated rings. The maximum Gasteiger partial charge on any atom is 0.193 e. The smallest absolute Gasteiger partial charge is 0.193 e. The topological polar surface area (TPSA) is 74.9 Å². The predicted molar refractivity (Wildman–Crippen MR) is 94.9 cm³/mol. The molecule has 134 valence electrons. The van der Waals surface area contributed by atoms with E-state index in [1.54, 1.807) is 13.3 Å². The van der Waals surface area contributed by atoms with Crippen molar-refractivity contribution in [1.29, 1.82) is 0 Å². The van der Waals surface area contributed by atoms with Gasteiger partial charge in [0.1, 0.15) is 5.76 Å². The third-order valence-electron chi connectivity index (χ3n) is 5.28. The second-order valence-electron chi connectivity index (χ2n) is 6.79. The van der Waals surface area contributed by atoms with Gasteiger partial charge in [-0.2, -0.15) is 0 Å². The van der Waals surface area contributed by atoms with E-state index in [2.05, 4.69) is 15.2 Å². The second kappa shape index (κ2) is 7.17. The molecule has 0 unspecified atom stereocenters. The second-order valence-corrected chi connectivity index (χ2v) is 9.29. The molecule has 1 saturated heterocycles. The number of nitrogens with zero attached hydrogens (tertiary/aromatic N) is 2.